The Morgan fingerprint density at radius 1 is 1.31 bits per heavy atom. The van der Waals surface area contributed by atoms with E-state index < -0.39 is 16.1 Å². The fourth-order valence-corrected chi connectivity index (χ4v) is 5.94. The van der Waals surface area contributed by atoms with Crippen molar-refractivity contribution in [3.8, 4) is 0 Å². The lowest BCUT2D eigenvalue weighted by atomic mass is 10.1. The van der Waals surface area contributed by atoms with Gasteiger partial charge in [-0.15, -0.1) is 0 Å². The van der Waals surface area contributed by atoms with Crippen molar-refractivity contribution in [2.45, 2.75) is 49.8 Å². The van der Waals surface area contributed by atoms with Crippen LogP contribution in [0.3, 0.4) is 0 Å². The highest BCUT2D eigenvalue weighted by atomic mass is 32.2. The summed E-state index contributed by atoms with van der Waals surface area (Å²) < 4.78 is 28.6. The molecule has 1 aromatic heterocycles. The zero-order valence-corrected chi connectivity index (χ0v) is 19.0. The summed E-state index contributed by atoms with van der Waals surface area (Å²) in [5.41, 5.74) is 0. The predicted molar refractivity (Wildman–Crippen MR) is 121 cm³/mol. The number of hydrogen-bond acceptors (Lipinski definition) is 6. The first kappa shape index (κ1) is 22.3. The monoisotopic (exact) mass is 437 g/mol. The molecule has 160 valence electrons. The van der Waals surface area contributed by atoms with Gasteiger partial charge in [0.15, 0.2) is 0 Å². The maximum Gasteiger partial charge on any atom is 0.240 e. The normalized spacial score (nSPS) is 19.5. The SMILES string of the molecule is CC(C)C[C@H](CO)NS(=O)(=O)c1ccc2ccnc(N3CCSC(C)CC3)c2c1. The smallest absolute Gasteiger partial charge is 0.240 e. The highest BCUT2D eigenvalue weighted by Crippen LogP contribution is 2.30. The molecule has 1 aliphatic heterocycles. The van der Waals surface area contributed by atoms with E-state index >= 15 is 0 Å². The Hall–Kier alpha value is -1.35. The molecular formula is C21H31N3O3S2. The zero-order valence-electron chi connectivity index (χ0n) is 17.3. The standard InChI is InChI=1S/C21H31N3O3S2/c1-15(2)12-18(14-25)23-29(26,27)19-5-4-17-6-8-22-21(20(17)13-19)24-9-7-16(3)28-11-10-24/h4-6,8,13,15-16,18,23,25H,7,9-12,14H2,1-3H3/t16?,18-/m1/s1. The third-order valence-electron chi connectivity index (χ3n) is 5.19. The van der Waals surface area contributed by atoms with Crippen molar-refractivity contribution in [3.05, 3.63) is 30.5 Å². The van der Waals surface area contributed by atoms with Crippen LogP contribution in [-0.2, 0) is 10.0 Å². The maximum atomic E-state index is 13.0. The van der Waals surface area contributed by atoms with Crippen LogP contribution in [0.15, 0.2) is 35.4 Å². The quantitative estimate of drug-likeness (QED) is 0.692. The lowest BCUT2D eigenvalue weighted by molar-refractivity contribution is 0.240. The number of benzene rings is 1. The van der Waals surface area contributed by atoms with E-state index in [1.165, 1.54) is 0 Å². The Kier molecular flexibility index (Phi) is 7.42. The molecule has 2 heterocycles. The van der Waals surface area contributed by atoms with E-state index in [9.17, 15) is 13.5 Å². The fourth-order valence-electron chi connectivity index (χ4n) is 3.68. The highest BCUT2D eigenvalue weighted by molar-refractivity contribution is 7.99. The number of sulfonamides is 1. The second kappa shape index (κ2) is 9.64. The molecule has 0 bridgehead atoms. The van der Waals surface area contributed by atoms with Crippen LogP contribution >= 0.6 is 11.8 Å². The van der Waals surface area contributed by atoms with Crippen molar-refractivity contribution in [3.63, 3.8) is 0 Å². The van der Waals surface area contributed by atoms with Gasteiger partial charge in [0.25, 0.3) is 0 Å². The average Bonchev–Trinajstić information content (AvgIpc) is 2.90. The molecule has 0 spiro atoms. The number of hydrogen-bond donors (Lipinski definition) is 2. The van der Waals surface area contributed by atoms with Crippen LogP contribution < -0.4 is 9.62 Å². The van der Waals surface area contributed by atoms with Gasteiger partial charge in [-0.1, -0.05) is 26.8 Å². The zero-order chi connectivity index (χ0) is 21.0. The molecule has 1 saturated heterocycles. The van der Waals surface area contributed by atoms with Crippen LogP contribution in [0.5, 0.6) is 0 Å². The molecule has 6 nitrogen and oxygen atoms in total. The summed E-state index contributed by atoms with van der Waals surface area (Å²) >= 11 is 1.97. The van der Waals surface area contributed by atoms with Gasteiger partial charge in [0, 0.05) is 41.7 Å². The number of aliphatic hydroxyl groups excluding tert-OH is 1. The summed E-state index contributed by atoms with van der Waals surface area (Å²) in [6.45, 7) is 7.85. The van der Waals surface area contributed by atoms with Gasteiger partial charge in [-0.25, -0.2) is 18.1 Å². The lowest BCUT2D eigenvalue weighted by Gasteiger charge is -2.23. The Labute approximate surface area is 178 Å². The van der Waals surface area contributed by atoms with Gasteiger partial charge in [-0.2, -0.15) is 11.8 Å². The first-order valence-corrected chi connectivity index (χ1v) is 12.7. The third-order valence-corrected chi connectivity index (χ3v) is 7.93. The second-order valence-electron chi connectivity index (χ2n) is 8.10. The predicted octanol–water partition coefficient (Wildman–Crippen LogP) is 3.25. The first-order chi connectivity index (χ1) is 13.8. The van der Waals surface area contributed by atoms with Crippen molar-refractivity contribution in [1.82, 2.24) is 9.71 Å². The number of rotatable bonds is 7. The van der Waals surface area contributed by atoms with E-state index in [-0.39, 0.29) is 17.4 Å². The van der Waals surface area contributed by atoms with Gasteiger partial charge in [0.05, 0.1) is 11.5 Å². The fraction of sp³-hybridized carbons (Fsp3) is 0.571. The minimum atomic E-state index is -3.73. The summed E-state index contributed by atoms with van der Waals surface area (Å²) in [6.07, 6.45) is 3.45. The number of anilines is 1. The van der Waals surface area contributed by atoms with Gasteiger partial charge in [0.2, 0.25) is 10.0 Å². The number of thioether (sulfide) groups is 1. The largest absolute Gasteiger partial charge is 0.395 e. The summed E-state index contributed by atoms with van der Waals surface area (Å²) in [7, 11) is -3.73. The molecule has 2 N–H and O–H groups in total. The van der Waals surface area contributed by atoms with Crippen molar-refractivity contribution < 1.29 is 13.5 Å². The van der Waals surface area contributed by atoms with Gasteiger partial charge in [-0.05, 0) is 42.3 Å². The summed E-state index contributed by atoms with van der Waals surface area (Å²) in [6, 6.07) is 6.59. The first-order valence-electron chi connectivity index (χ1n) is 10.2. The summed E-state index contributed by atoms with van der Waals surface area (Å²) in [4.78, 5) is 7.07. The van der Waals surface area contributed by atoms with Crippen molar-refractivity contribution >= 4 is 38.4 Å². The molecule has 8 heteroatoms. The topological polar surface area (TPSA) is 82.5 Å². The Bertz CT molecular complexity index is 934. The minimum absolute atomic E-state index is 0.207. The van der Waals surface area contributed by atoms with Gasteiger partial charge < -0.3 is 10.0 Å². The van der Waals surface area contributed by atoms with Crippen LogP contribution in [0, 0.1) is 5.92 Å². The van der Waals surface area contributed by atoms with E-state index in [0.29, 0.717) is 11.7 Å². The number of nitrogens with one attached hydrogen (secondary N) is 1. The van der Waals surface area contributed by atoms with Crippen LogP contribution in [-0.4, -0.2) is 55.2 Å². The maximum absolute atomic E-state index is 13.0. The highest BCUT2D eigenvalue weighted by Gasteiger charge is 2.22. The molecule has 1 aliphatic rings. The average molecular weight is 438 g/mol. The van der Waals surface area contributed by atoms with E-state index in [1.54, 1.807) is 18.3 Å². The van der Waals surface area contributed by atoms with Crippen molar-refractivity contribution in [1.29, 1.82) is 0 Å². The van der Waals surface area contributed by atoms with E-state index in [1.807, 2.05) is 37.7 Å². The molecule has 0 saturated carbocycles. The van der Waals surface area contributed by atoms with Crippen molar-refractivity contribution in [2.75, 3.05) is 30.3 Å². The minimum Gasteiger partial charge on any atom is -0.395 e. The molecule has 1 fully saturated rings. The molecule has 2 atom stereocenters. The summed E-state index contributed by atoms with van der Waals surface area (Å²) in [5, 5.41) is 12.0. The molecule has 3 rings (SSSR count). The van der Waals surface area contributed by atoms with E-state index in [2.05, 4.69) is 21.5 Å². The Morgan fingerprint density at radius 3 is 2.83 bits per heavy atom. The Balaban J connectivity index is 1.94. The van der Waals surface area contributed by atoms with Gasteiger partial charge in [-0.3, -0.25) is 0 Å². The number of nitrogens with zero attached hydrogens (tertiary/aromatic N) is 2. The van der Waals surface area contributed by atoms with Crippen LogP contribution in [0.1, 0.15) is 33.6 Å². The van der Waals surface area contributed by atoms with Gasteiger partial charge >= 0.3 is 0 Å². The van der Waals surface area contributed by atoms with Crippen LogP contribution in [0.2, 0.25) is 0 Å². The molecule has 2 aromatic rings. The third kappa shape index (κ3) is 5.63. The molecule has 1 aromatic carbocycles. The number of aromatic nitrogens is 1. The molecule has 0 amide bonds. The number of fused-ring (bicyclic) bond motifs is 1. The lowest BCUT2D eigenvalue weighted by Crippen LogP contribution is -2.38. The van der Waals surface area contributed by atoms with E-state index in [0.717, 1.165) is 41.9 Å². The second-order valence-corrected chi connectivity index (χ2v) is 11.4. The van der Waals surface area contributed by atoms with Gasteiger partial charge in [0.1, 0.15) is 5.82 Å². The van der Waals surface area contributed by atoms with Crippen LogP contribution in [0.25, 0.3) is 10.8 Å². The molecule has 29 heavy (non-hydrogen) atoms. The van der Waals surface area contributed by atoms with Crippen LogP contribution in [0.4, 0.5) is 5.82 Å². The number of pyridine rings is 1. The molecular weight excluding hydrogens is 406 g/mol. The molecule has 0 aliphatic carbocycles. The van der Waals surface area contributed by atoms with E-state index in [4.69, 9.17) is 0 Å². The summed E-state index contributed by atoms with van der Waals surface area (Å²) in [5.74, 6) is 2.16. The molecule has 0 radical (unpaired) electrons. The molecule has 1 unspecified atom stereocenters. The Morgan fingerprint density at radius 2 is 2.10 bits per heavy atom. The number of aliphatic hydroxyl groups is 1. The van der Waals surface area contributed by atoms with Crippen molar-refractivity contribution in [2.24, 2.45) is 5.92 Å².